The van der Waals surface area contributed by atoms with Crippen molar-refractivity contribution in [2.24, 2.45) is 0 Å². The summed E-state index contributed by atoms with van der Waals surface area (Å²) in [6.45, 7) is 3.81. The molecule has 0 bridgehead atoms. The van der Waals surface area contributed by atoms with Crippen LogP contribution < -0.4 is 10.6 Å². The minimum atomic E-state index is -0.232. The fourth-order valence-corrected chi connectivity index (χ4v) is 3.25. The van der Waals surface area contributed by atoms with Gasteiger partial charge >= 0.3 is 0 Å². The Hall–Kier alpha value is -2.74. The Balaban J connectivity index is 1.75. The van der Waals surface area contributed by atoms with E-state index in [-0.39, 0.29) is 17.9 Å². The molecule has 1 heterocycles. The highest BCUT2D eigenvalue weighted by molar-refractivity contribution is 14.1. The minimum Gasteiger partial charge on any atom is -0.350 e. The molecule has 5 nitrogen and oxygen atoms in total. The van der Waals surface area contributed by atoms with Crippen molar-refractivity contribution in [2.45, 2.75) is 19.9 Å². The van der Waals surface area contributed by atoms with Crippen LogP contribution in [0.1, 0.15) is 34.6 Å². The molecule has 3 aromatic rings. The van der Waals surface area contributed by atoms with Crippen LogP contribution in [-0.4, -0.2) is 22.8 Å². The zero-order valence-corrected chi connectivity index (χ0v) is 17.7. The number of benzene rings is 2. The van der Waals surface area contributed by atoms with Crippen molar-refractivity contribution in [2.75, 3.05) is 5.32 Å². The van der Waals surface area contributed by atoms with Crippen LogP contribution >= 0.6 is 22.6 Å². The molecule has 0 fully saturated rings. The smallest absolute Gasteiger partial charge is 0.255 e. The summed E-state index contributed by atoms with van der Waals surface area (Å²) in [5, 5.41) is 5.73. The van der Waals surface area contributed by atoms with Gasteiger partial charge in [-0.25, -0.2) is 0 Å². The molecule has 2 N–H and O–H groups in total. The van der Waals surface area contributed by atoms with Crippen molar-refractivity contribution < 1.29 is 9.59 Å². The van der Waals surface area contributed by atoms with E-state index in [4.69, 9.17) is 0 Å². The Kier molecular flexibility index (Phi) is 6.41. The van der Waals surface area contributed by atoms with E-state index in [0.717, 1.165) is 14.8 Å². The Morgan fingerprint density at radius 3 is 2.21 bits per heavy atom. The molecule has 142 valence electrons. The first-order valence-corrected chi connectivity index (χ1v) is 9.95. The Morgan fingerprint density at radius 2 is 1.61 bits per heavy atom. The number of pyridine rings is 1. The quantitative estimate of drug-likeness (QED) is 0.513. The molecule has 1 aromatic heterocycles. The second-order valence-corrected chi connectivity index (χ2v) is 7.73. The SMILES string of the molecule is CC(C)NC(=O)c1ccc(C(=O)Nc2ccc(I)c(-c3ccccn3)c2)cc1. The van der Waals surface area contributed by atoms with Crippen LogP contribution in [0.15, 0.2) is 66.9 Å². The lowest BCUT2D eigenvalue weighted by Crippen LogP contribution is -2.30. The molecule has 2 aromatic carbocycles. The molecule has 0 radical (unpaired) electrons. The number of halogens is 1. The van der Waals surface area contributed by atoms with E-state index < -0.39 is 0 Å². The van der Waals surface area contributed by atoms with E-state index in [9.17, 15) is 9.59 Å². The molecule has 3 rings (SSSR count). The molecule has 28 heavy (non-hydrogen) atoms. The number of carbonyl (C=O) groups excluding carboxylic acids is 2. The summed E-state index contributed by atoms with van der Waals surface area (Å²) >= 11 is 2.25. The van der Waals surface area contributed by atoms with Crippen LogP contribution in [0.2, 0.25) is 0 Å². The highest BCUT2D eigenvalue weighted by atomic mass is 127. The predicted molar refractivity (Wildman–Crippen MR) is 119 cm³/mol. The van der Waals surface area contributed by atoms with Gasteiger partial charge in [0.25, 0.3) is 11.8 Å². The maximum Gasteiger partial charge on any atom is 0.255 e. The molecular formula is C22H20IN3O2. The van der Waals surface area contributed by atoms with Gasteiger partial charge in [-0.3, -0.25) is 14.6 Å². The van der Waals surface area contributed by atoms with Crippen molar-refractivity contribution >= 4 is 40.1 Å². The lowest BCUT2D eigenvalue weighted by molar-refractivity contribution is 0.0941. The van der Waals surface area contributed by atoms with Crippen molar-refractivity contribution in [3.63, 3.8) is 0 Å². The number of rotatable bonds is 5. The zero-order chi connectivity index (χ0) is 20.1. The van der Waals surface area contributed by atoms with Gasteiger partial charge in [0.15, 0.2) is 0 Å². The fourth-order valence-electron chi connectivity index (χ4n) is 2.64. The third-order valence-corrected chi connectivity index (χ3v) is 4.93. The van der Waals surface area contributed by atoms with Crippen molar-refractivity contribution in [1.82, 2.24) is 10.3 Å². The van der Waals surface area contributed by atoms with Gasteiger partial charge in [-0.05, 0) is 91.0 Å². The molecule has 0 spiro atoms. The number of anilines is 1. The highest BCUT2D eigenvalue weighted by Crippen LogP contribution is 2.27. The Bertz CT molecular complexity index is 986. The lowest BCUT2D eigenvalue weighted by atomic mass is 10.1. The topological polar surface area (TPSA) is 71.1 Å². The highest BCUT2D eigenvalue weighted by Gasteiger charge is 2.11. The summed E-state index contributed by atoms with van der Waals surface area (Å²) in [7, 11) is 0. The number of hydrogen-bond acceptors (Lipinski definition) is 3. The molecule has 0 aliphatic heterocycles. The third-order valence-electron chi connectivity index (χ3n) is 3.99. The first-order valence-electron chi connectivity index (χ1n) is 8.87. The zero-order valence-electron chi connectivity index (χ0n) is 15.6. The molecular weight excluding hydrogens is 465 g/mol. The minimum absolute atomic E-state index is 0.0599. The molecule has 0 atom stereocenters. The molecule has 6 heteroatoms. The van der Waals surface area contributed by atoms with Gasteiger partial charge in [-0.1, -0.05) is 6.07 Å². The average Bonchev–Trinajstić information content (AvgIpc) is 2.69. The van der Waals surface area contributed by atoms with Gasteiger partial charge in [0.05, 0.1) is 5.69 Å². The number of hydrogen-bond donors (Lipinski definition) is 2. The number of amides is 2. The van der Waals surface area contributed by atoms with Crippen molar-refractivity contribution in [3.8, 4) is 11.3 Å². The van der Waals surface area contributed by atoms with Crippen molar-refractivity contribution in [3.05, 3.63) is 81.6 Å². The van der Waals surface area contributed by atoms with Crippen LogP contribution in [0.25, 0.3) is 11.3 Å². The maximum atomic E-state index is 12.6. The first kappa shape index (κ1) is 20.0. The predicted octanol–water partition coefficient (Wildman–Crippen LogP) is 4.74. The van der Waals surface area contributed by atoms with Gasteiger partial charge in [0.1, 0.15) is 0 Å². The van der Waals surface area contributed by atoms with E-state index >= 15 is 0 Å². The number of aromatic nitrogens is 1. The maximum absolute atomic E-state index is 12.6. The Morgan fingerprint density at radius 1 is 0.929 bits per heavy atom. The largest absolute Gasteiger partial charge is 0.350 e. The van der Waals surface area contributed by atoms with Crippen LogP contribution in [0.3, 0.4) is 0 Å². The van der Waals surface area contributed by atoms with E-state index in [1.807, 2.05) is 50.2 Å². The summed E-state index contributed by atoms with van der Waals surface area (Å²) < 4.78 is 1.05. The molecule has 0 unspecified atom stereocenters. The number of nitrogens with zero attached hydrogens (tertiary/aromatic N) is 1. The van der Waals surface area contributed by atoms with E-state index in [1.165, 1.54) is 0 Å². The Labute approximate surface area is 177 Å². The summed E-state index contributed by atoms with van der Waals surface area (Å²) in [5.74, 6) is -0.386. The second-order valence-electron chi connectivity index (χ2n) is 6.57. The molecule has 0 saturated carbocycles. The van der Waals surface area contributed by atoms with Crippen LogP contribution in [-0.2, 0) is 0 Å². The van der Waals surface area contributed by atoms with E-state index in [1.54, 1.807) is 30.5 Å². The van der Waals surface area contributed by atoms with E-state index in [2.05, 4.69) is 38.2 Å². The monoisotopic (exact) mass is 485 g/mol. The summed E-state index contributed by atoms with van der Waals surface area (Å²) in [6, 6.07) is 18.1. The van der Waals surface area contributed by atoms with Crippen molar-refractivity contribution in [1.29, 1.82) is 0 Å². The summed E-state index contributed by atoms with van der Waals surface area (Å²) in [6.07, 6.45) is 1.74. The molecule has 2 amide bonds. The van der Waals surface area contributed by atoms with Crippen LogP contribution in [0.4, 0.5) is 5.69 Å². The van der Waals surface area contributed by atoms with Gasteiger partial charge in [-0.15, -0.1) is 0 Å². The molecule has 0 saturated heterocycles. The second kappa shape index (κ2) is 8.97. The fraction of sp³-hybridized carbons (Fsp3) is 0.136. The van der Waals surface area contributed by atoms with Gasteiger partial charge in [0.2, 0.25) is 0 Å². The van der Waals surface area contributed by atoms with Crippen LogP contribution in [0.5, 0.6) is 0 Å². The standard InChI is InChI=1S/C22H20IN3O2/c1-14(2)25-21(27)15-6-8-16(9-7-15)22(28)26-17-10-11-19(23)18(13-17)20-5-3-4-12-24-20/h3-14H,1-2H3,(H,25,27)(H,26,28). The van der Waals surface area contributed by atoms with E-state index in [0.29, 0.717) is 16.8 Å². The average molecular weight is 485 g/mol. The third kappa shape index (κ3) is 4.95. The number of carbonyl (C=O) groups is 2. The molecule has 0 aliphatic rings. The first-order chi connectivity index (χ1) is 13.4. The summed E-state index contributed by atoms with van der Waals surface area (Å²) in [4.78, 5) is 29.0. The normalized spacial score (nSPS) is 10.6. The summed E-state index contributed by atoms with van der Waals surface area (Å²) in [5.41, 5.74) is 3.51. The molecule has 0 aliphatic carbocycles. The lowest BCUT2D eigenvalue weighted by Gasteiger charge is -2.10. The van der Waals surface area contributed by atoms with Gasteiger partial charge in [0, 0.05) is 38.2 Å². The number of nitrogens with one attached hydrogen (secondary N) is 2. The van der Waals surface area contributed by atoms with Gasteiger partial charge in [-0.2, -0.15) is 0 Å². The van der Waals surface area contributed by atoms with Gasteiger partial charge < -0.3 is 10.6 Å². The van der Waals surface area contributed by atoms with Crippen LogP contribution in [0, 0.1) is 3.57 Å².